The highest BCUT2D eigenvalue weighted by atomic mass is 32.1. The fraction of sp³-hybridized carbons (Fsp3) is 0.324. The predicted octanol–water partition coefficient (Wildman–Crippen LogP) is 6.19. The Kier molecular flexibility index (Phi) is 8.75. The van der Waals surface area contributed by atoms with Gasteiger partial charge in [-0.25, -0.2) is 4.99 Å². The minimum atomic E-state index is -0.781. The Balaban J connectivity index is 1.74. The number of nitrogens with zero attached hydrogens (tertiary/aromatic N) is 2. The Labute approximate surface area is 273 Å². The van der Waals surface area contributed by atoms with Crippen LogP contribution in [0.25, 0.3) is 6.08 Å². The molecule has 1 aromatic heterocycles. The van der Waals surface area contributed by atoms with E-state index < -0.39 is 6.04 Å². The number of thiazole rings is 1. The maximum absolute atomic E-state index is 14.4. The summed E-state index contributed by atoms with van der Waals surface area (Å²) < 4.78 is 13.1. The number of carbonyl (C=O) groups is 1. The Morgan fingerprint density at radius 2 is 1.54 bits per heavy atom. The zero-order valence-electron chi connectivity index (χ0n) is 27.8. The van der Waals surface area contributed by atoms with E-state index in [0.29, 0.717) is 43.4 Å². The maximum atomic E-state index is 14.4. The lowest BCUT2D eigenvalue weighted by atomic mass is 9.78. The average molecular weight is 640 g/mol. The summed E-state index contributed by atoms with van der Waals surface area (Å²) in [6, 6.07) is 17.7. The summed E-state index contributed by atoms with van der Waals surface area (Å²) in [4.78, 5) is 33.5. The number of rotatable bonds is 6. The van der Waals surface area contributed by atoms with Gasteiger partial charge < -0.3 is 19.9 Å². The van der Waals surface area contributed by atoms with E-state index in [2.05, 4.69) is 46.9 Å². The first-order valence-corrected chi connectivity index (χ1v) is 15.9. The normalized spacial score (nSPS) is 15.3. The van der Waals surface area contributed by atoms with Crippen molar-refractivity contribution >= 4 is 29.0 Å². The Morgan fingerprint density at radius 3 is 2.11 bits per heavy atom. The monoisotopic (exact) mass is 639 g/mol. The molecule has 9 heteroatoms. The van der Waals surface area contributed by atoms with E-state index in [1.807, 2.05) is 54.6 Å². The number of benzene rings is 3. The van der Waals surface area contributed by atoms with Crippen molar-refractivity contribution in [3.05, 3.63) is 114 Å². The third kappa shape index (κ3) is 6.24. The highest BCUT2D eigenvalue weighted by Crippen LogP contribution is 2.40. The molecule has 8 nitrogen and oxygen atoms in total. The van der Waals surface area contributed by atoms with Crippen LogP contribution in [0.15, 0.2) is 81.7 Å². The lowest BCUT2D eigenvalue weighted by Crippen LogP contribution is -2.40. The molecule has 3 aromatic carbocycles. The zero-order chi connectivity index (χ0) is 33.6. The molecule has 0 saturated heterocycles. The fourth-order valence-corrected chi connectivity index (χ4v) is 6.75. The van der Waals surface area contributed by atoms with Gasteiger partial charge in [0.2, 0.25) is 0 Å². The third-order valence-electron chi connectivity index (χ3n) is 8.07. The summed E-state index contributed by atoms with van der Waals surface area (Å²) in [6.45, 7) is 14.1. The number of aromatic hydroxyl groups is 1. The van der Waals surface area contributed by atoms with Crippen LogP contribution in [0, 0.1) is 0 Å². The fourth-order valence-electron chi connectivity index (χ4n) is 5.70. The van der Waals surface area contributed by atoms with Gasteiger partial charge in [0, 0.05) is 16.8 Å². The Bertz CT molecular complexity index is 1990. The van der Waals surface area contributed by atoms with Crippen LogP contribution >= 0.6 is 11.3 Å². The van der Waals surface area contributed by atoms with Gasteiger partial charge in [-0.2, -0.15) is 0 Å². The lowest BCUT2D eigenvalue weighted by Gasteiger charge is -2.27. The molecule has 0 bridgehead atoms. The molecule has 2 heterocycles. The van der Waals surface area contributed by atoms with Gasteiger partial charge in [0.25, 0.3) is 11.5 Å². The summed E-state index contributed by atoms with van der Waals surface area (Å²) in [5.41, 5.74) is 3.65. The molecule has 2 N–H and O–H groups in total. The van der Waals surface area contributed by atoms with Crippen LogP contribution < -0.4 is 29.7 Å². The van der Waals surface area contributed by atoms with Crippen molar-refractivity contribution in [3.63, 3.8) is 0 Å². The molecule has 0 unspecified atom stereocenters. The van der Waals surface area contributed by atoms with Crippen molar-refractivity contribution in [3.8, 4) is 17.2 Å². The molecule has 240 valence electrons. The first-order valence-electron chi connectivity index (χ1n) is 15.1. The van der Waals surface area contributed by atoms with Gasteiger partial charge in [0.05, 0.1) is 36.1 Å². The number of ether oxygens (including phenoxy) is 2. The first kappa shape index (κ1) is 32.8. The van der Waals surface area contributed by atoms with Crippen LogP contribution in [0.4, 0.5) is 5.69 Å². The molecule has 1 aliphatic rings. The molecule has 0 aliphatic carbocycles. The van der Waals surface area contributed by atoms with E-state index in [-0.39, 0.29) is 28.0 Å². The van der Waals surface area contributed by atoms with Crippen molar-refractivity contribution in [1.82, 2.24) is 4.57 Å². The van der Waals surface area contributed by atoms with Crippen LogP contribution in [-0.4, -0.2) is 29.8 Å². The van der Waals surface area contributed by atoms with Gasteiger partial charge in [-0.15, -0.1) is 0 Å². The number of hydrogen-bond donors (Lipinski definition) is 2. The summed E-state index contributed by atoms with van der Waals surface area (Å²) in [6.07, 6.45) is 1.85. The first-order chi connectivity index (χ1) is 21.6. The molecule has 1 aliphatic heterocycles. The van der Waals surface area contributed by atoms with Gasteiger partial charge in [-0.1, -0.05) is 77.1 Å². The zero-order valence-corrected chi connectivity index (χ0v) is 28.6. The number of anilines is 1. The van der Waals surface area contributed by atoms with E-state index >= 15 is 0 Å². The highest BCUT2D eigenvalue weighted by molar-refractivity contribution is 7.07. The van der Waals surface area contributed by atoms with E-state index in [4.69, 9.17) is 14.5 Å². The number of nitrogens with one attached hydrogen (secondary N) is 1. The van der Waals surface area contributed by atoms with E-state index in [0.717, 1.165) is 16.7 Å². The number of phenols is 1. The van der Waals surface area contributed by atoms with Crippen molar-refractivity contribution in [2.75, 3.05) is 19.5 Å². The number of amides is 1. The van der Waals surface area contributed by atoms with Gasteiger partial charge in [0.1, 0.15) is 5.75 Å². The number of hydrogen-bond acceptors (Lipinski definition) is 7. The standard InChI is InChI=1S/C37H41N3O5S/c1-21-30(33(42)39-24-13-11-10-12-14-24)31(23-15-16-27(44-8)28(20-23)45-9)40-34(43)29(46-35(40)38-21)19-22-17-25(36(2,3)4)32(41)26(18-22)37(5,6)7/h10-20,31,41H,1-9H3,(H,39,42)/b29-19-/t31-/m1/s1. The summed E-state index contributed by atoms with van der Waals surface area (Å²) >= 11 is 1.27. The number of carbonyl (C=O) groups excluding carboxylic acids is 1. The van der Waals surface area contributed by atoms with Crippen LogP contribution in [0.3, 0.4) is 0 Å². The summed E-state index contributed by atoms with van der Waals surface area (Å²) in [5.74, 6) is 0.931. The van der Waals surface area contributed by atoms with Gasteiger partial charge >= 0.3 is 0 Å². The molecule has 1 amide bonds. The Morgan fingerprint density at radius 1 is 0.935 bits per heavy atom. The quantitative estimate of drug-likeness (QED) is 0.262. The molecule has 0 saturated carbocycles. The molecule has 1 atom stereocenters. The molecule has 0 spiro atoms. The molecule has 0 fully saturated rings. The predicted molar refractivity (Wildman–Crippen MR) is 184 cm³/mol. The van der Waals surface area contributed by atoms with Crippen LogP contribution in [0.1, 0.15) is 76.8 Å². The van der Waals surface area contributed by atoms with Gasteiger partial charge in [-0.05, 0) is 71.4 Å². The SMILES string of the molecule is COc1ccc([C@@H]2C(C(=O)Nc3ccccc3)=C(C)N=c3s/c(=C\c4cc(C(C)(C)C)c(O)c(C(C)(C)C)c4)c(=O)n32)cc1OC. The molecule has 0 radical (unpaired) electrons. The topological polar surface area (TPSA) is 102 Å². The van der Waals surface area contributed by atoms with E-state index in [1.54, 1.807) is 37.8 Å². The number of allylic oxidation sites excluding steroid dienone is 1. The number of aromatic nitrogens is 1. The molecular weight excluding hydrogens is 598 g/mol. The second-order valence-electron chi connectivity index (χ2n) is 13.5. The van der Waals surface area contributed by atoms with E-state index in [9.17, 15) is 14.7 Å². The third-order valence-corrected chi connectivity index (χ3v) is 9.05. The van der Waals surface area contributed by atoms with Gasteiger partial charge in [0.15, 0.2) is 16.3 Å². The maximum Gasteiger partial charge on any atom is 0.271 e. The van der Waals surface area contributed by atoms with Crippen molar-refractivity contribution in [2.45, 2.75) is 65.3 Å². The van der Waals surface area contributed by atoms with Crippen molar-refractivity contribution in [2.24, 2.45) is 4.99 Å². The lowest BCUT2D eigenvalue weighted by molar-refractivity contribution is -0.113. The Hall–Kier alpha value is -4.63. The number of methoxy groups -OCH3 is 2. The number of para-hydroxylation sites is 1. The van der Waals surface area contributed by atoms with Crippen LogP contribution in [0.2, 0.25) is 0 Å². The minimum absolute atomic E-state index is 0.274. The van der Waals surface area contributed by atoms with Crippen LogP contribution in [-0.2, 0) is 15.6 Å². The van der Waals surface area contributed by atoms with Gasteiger partial charge in [-0.3, -0.25) is 14.2 Å². The highest BCUT2D eigenvalue weighted by Gasteiger charge is 2.33. The number of phenolic OH excluding ortho intramolecular Hbond substituents is 1. The number of fused-ring (bicyclic) bond motifs is 1. The minimum Gasteiger partial charge on any atom is -0.507 e. The summed E-state index contributed by atoms with van der Waals surface area (Å²) in [5, 5.41) is 14.2. The average Bonchev–Trinajstić information content (AvgIpc) is 3.29. The second-order valence-corrected chi connectivity index (χ2v) is 14.5. The molecule has 46 heavy (non-hydrogen) atoms. The second kappa shape index (κ2) is 12.3. The molecule has 4 aromatic rings. The summed E-state index contributed by atoms with van der Waals surface area (Å²) in [7, 11) is 3.11. The molecule has 5 rings (SSSR count). The van der Waals surface area contributed by atoms with Crippen LogP contribution in [0.5, 0.6) is 17.2 Å². The van der Waals surface area contributed by atoms with Crippen molar-refractivity contribution < 1.29 is 19.4 Å². The largest absolute Gasteiger partial charge is 0.507 e. The smallest absolute Gasteiger partial charge is 0.271 e. The van der Waals surface area contributed by atoms with E-state index in [1.165, 1.54) is 11.3 Å². The molecular formula is C37H41N3O5S. The van der Waals surface area contributed by atoms with Crippen molar-refractivity contribution in [1.29, 1.82) is 0 Å².